The van der Waals surface area contributed by atoms with Crippen molar-refractivity contribution >= 4 is 58.9 Å². The number of para-hydroxylation sites is 5. The predicted molar refractivity (Wildman–Crippen MR) is 208 cm³/mol. The van der Waals surface area contributed by atoms with Crippen LogP contribution in [-0.2, 0) is 28.4 Å². The van der Waals surface area contributed by atoms with Crippen LogP contribution in [0.5, 0.6) is 0 Å². The predicted octanol–water partition coefficient (Wildman–Crippen LogP) is 8.06. The second-order valence-electron chi connectivity index (χ2n) is 12.1. The minimum Gasteiger partial charge on any atom is -0.446 e. The first-order valence-electron chi connectivity index (χ1n) is 17.5. The zero-order valence-electron chi connectivity index (χ0n) is 30.0. The Morgan fingerprint density at radius 1 is 0.386 bits per heavy atom. The van der Waals surface area contributed by atoms with Crippen LogP contribution in [0.1, 0.15) is 0 Å². The molecule has 16 heteroatoms. The first kappa shape index (κ1) is 39.1. The Balaban J connectivity index is 1.34. The smallest absolute Gasteiger partial charge is 0.414 e. The molecule has 6 rings (SSSR count). The molecular weight excluding hydrogens is 738 g/mol. The molecule has 0 aromatic heterocycles. The summed E-state index contributed by atoms with van der Waals surface area (Å²) in [5.74, 6) is 0. The maximum atomic E-state index is 13.6. The van der Waals surface area contributed by atoms with Gasteiger partial charge in [-0.15, -0.1) is 0 Å². The molecule has 0 spiro atoms. The van der Waals surface area contributed by atoms with Gasteiger partial charge < -0.3 is 28.4 Å². The fourth-order valence-corrected chi connectivity index (χ4v) is 5.49. The van der Waals surface area contributed by atoms with Gasteiger partial charge in [0.1, 0.15) is 12.7 Å². The molecule has 1 saturated heterocycles. The average Bonchev–Trinajstić information content (AvgIpc) is 3.21. The molecule has 5 atom stereocenters. The molecule has 5 N–H and O–H groups in total. The highest BCUT2D eigenvalue weighted by Crippen LogP contribution is 2.31. The van der Waals surface area contributed by atoms with Crippen molar-refractivity contribution < 1.29 is 52.4 Å². The lowest BCUT2D eigenvalue weighted by molar-refractivity contribution is -0.279. The number of hydrogen-bond acceptors (Lipinski definition) is 11. The van der Waals surface area contributed by atoms with Crippen LogP contribution in [0.4, 0.5) is 52.4 Å². The number of hydrogen-bond donors (Lipinski definition) is 5. The first-order valence-corrected chi connectivity index (χ1v) is 17.5. The summed E-state index contributed by atoms with van der Waals surface area (Å²) in [6.07, 6.45) is -13.8. The van der Waals surface area contributed by atoms with Crippen molar-refractivity contribution in [2.45, 2.75) is 30.7 Å². The number of rotatable bonds is 11. The molecule has 16 nitrogen and oxygen atoms in total. The molecule has 0 radical (unpaired) electrons. The Morgan fingerprint density at radius 3 is 1.05 bits per heavy atom. The summed E-state index contributed by atoms with van der Waals surface area (Å²) in [7, 11) is 0. The van der Waals surface area contributed by atoms with Crippen LogP contribution in [-0.4, -0.2) is 67.8 Å². The number of ether oxygens (including phenoxy) is 6. The van der Waals surface area contributed by atoms with Gasteiger partial charge in [0.2, 0.25) is 12.4 Å². The van der Waals surface area contributed by atoms with Crippen LogP contribution < -0.4 is 26.6 Å². The summed E-state index contributed by atoms with van der Waals surface area (Å²) in [5.41, 5.74) is 1.79. The van der Waals surface area contributed by atoms with Crippen molar-refractivity contribution in [3.05, 3.63) is 152 Å². The topological polar surface area (TPSA) is 201 Å². The van der Waals surface area contributed by atoms with E-state index in [2.05, 4.69) is 26.6 Å². The third kappa shape index (κ3) is 12.0. The summed E-state index contributed by atoms with van der Waals surface area (Å²) >= 11 is 0. The number of anilines is 5. The van der Waals surface area contributed by atoms with E-state index in [4.69, 9.17) is 28.4 Å². The minimum absolute atomic E-state index is 0.334. The summed E-state index contributed by atoms with van der Waals surface area (Å²) < 4.78 is 34.8. The summed E-state index contributed by atoms with van der Waals surface area (Å²) in [6.45, 7) is -0.648. The summed E-state index contributed by atoms with van der Waals surface area (Å²) in [6, 6.07) is 41.6. The van der Waals surface area contributed by atoms with Gasteiger partial charge >= 0.3 is 30.5 Å². The highest BCUT2D eigenvalue weighted by molar-refractivity contribution is 5.87. The third-order valence-electron chi connectivity index (χ3n) is 8.02. The highest BCUT2D eigenvalue weighted by atomic mass is 16.8. The van der Waals surface area contributed by atoms with Gasteiger partial charge in [-0.2, -0.15) is 0 Å². The molecule has 5 amide bonds. The molecule has 5 aromatic carbocycles. The average molecular weight is 776 g/mol. The molecule has 57 heavy (non-hydrogen) atoms. The molecule has 1 aliphatic rings. The van der Waals surface area contributed by atoms with E-state index in [0.717, 1.165) is 0 Å². The fraction of sp³-hybridized carbons (Fsp3) is 0.146. The van der Waals surface area contributed by atoms with Crippen LogP contribution in [0.3, 0.4) is 0 Å². The van der Waals surface area contributed by atoms with E-state index in [9.17, 15) is 24.0 Å². The van der Waals surface area contributed by atoms with E-state index in [-0.39, 0.29) is 0 Å². The van der Waals surface area contributed by atoms with E-state index >= 15 is 0 Å². The molecule has 5 aromatic rings. The van der Waals surface area contributed by atoms with Gasteiger partial charge in [-0.25, -0.2) is 24.0 Å². The molecule has 0 unspecified atom stereocenters. The van der Waals surface area contributed by atoms with Gasteiger partial charge in [-0.05, 0) is 60.7 Å². The second kappa shape index (κ2) is 19.7. The molecule has 0 aliphatic carbocycles. The lowest BCUT2D eigenvalue weighted by atomic mass is 9.98. The fourth-order valence-electron chi connectivity index (χ4n) is 5.49. The van der Waals surface area contributed by atoms with Crippen molar-refractivity contribution in [2.24, 2.45) is 0 Å². The Hall–Kier alpha value is -7.59. The van der Waals surface area contributed by atoms with Gasteiger partial charge in [0.05, 0.1) is 0 Å². The molecule has 1 fully saturated rings. The van der Waals surface area contributed by atoms with Crippen molar-refractivity contribution in [2.75, 3.05) is 33.2 Å². The van der Waals surface area contributed by atoms with Crippen LogP contribution in [0.2, 0.25) is 0 Å². The molecule has 0 bridgehead atoms. The maximum Gasteiger partial charge on any atom is 0.414 e. The molecule has 0 saturated carbocycles. The van der Waals surface area contributed by atoms with Crippen molar-refractivity contribution in [1.82, 2.24) is 0 Å². The Kier molecular flexibility index (Phi) is 13.5. The number of amides is 5. The number of benzene rings is 5. The monoisotopic (exact) mass is 775 g/mol. The molecule has 1 aliphatic heterocycles. The minimum atomic E-state index is -1.85. The van der Waals surface area contributed by atoms with Gasteiger partial charge in [0, 0.05) is 28.4 Å². The van der Waals surface area contributed by atoms with E-state index in [1.165, 1.54) is 0 Å². The quantitative estimate of drug-likeness (QED) is 0.0813. The SMILES string of the molecule is O=C(Nc1ccccc1)OC[C@H]1O[C@@H](OC(=O)Nc2ccccc2)[C@@H](OC(=O)Nc2ccccc2)[C@@H](OC(=O)Nc2ccccc2)[C@H]1OC(=O)Nc1ccccc1. The van der Waals surface area contributed by atoms with Crippen molar-refractivity contribution in [3.63, 3.8) is 0 Å². The standard InChI is InChI=1S/C41H37N5O11/c47-37(42-27-16-6-1-7-17-27)52-26-32-33(54-38(48)43-28-18-8-2-9-19-28)34(55-39(49)44-29-20-10-3-11-21-29)35(56-40(50)45-30-22-12-4-13-23-30)36(53-32)57-41(51)46-31-24-14-5-15-25-31/h1-25,32-36H,26H2,(H,42,47)(H,43,48)(H,44,49)(H,45,50)(H,46,51)/t32-,33+,34+,35+,36+/m1/s1. The van der Waals surface area contributed by atoms with E-state index < -0.39 is 67.8 Å². The lowest BCUT2D eigenvalue weighted by Crippen LogP contribution is -2.64. The summed E-state index contributed by atoms with van der Waals surface area (Å²) in [5, 5.41) is 12.8. The molecular formula is C41H37N5O11. The van der Waals surface area contributed by atoms with Gasteiger partial charge in [-0.3, -0.25) is 26.6 Å². The third-order valence-corrected chi connectivity index (χ3v) is 8.02. The van der Waals surface area contributed by atoms with E-state index in [1.807, 2.05) is 0 Å². The molecule has 292 valence electrons. The first-order chi connectivity index (χ1) is 27.8. The number of carbonyl (C=O) groups is 5. The normalized spacial score (nSPS) is 18.4. The number of nitrogens with one attached hydrogen (secondary N) is 5. The van der Waals surface area contributed by atoms with Crippen molar-refractivity contribution in [1.29, 1.82) is 0 Å². The Morgan fingerprint density at radius 2 is 0.684 bits per heavy atom. The second-order valence-corrected chi connectivity index (χ2v) is 12.1. The lowest BCUT2D eigenvalue weighted by Gasteiger charge is -2.43. The zero-order valence-corrected chi connectivity index (χ0v) is 30.0. The zero-order chi connectivity index (χ0) is 39.8. The van der Waals surface area contributed by atoms with Gasteiger partial charge in [0.15, 0.2) is 12.2 Å². The van der Waals surface area contributed by atoms with Crippen LogP contribution in [0.15, 0.2) is 152 Å². The van der Waals surface area contributed by atoms with Crippen LogP contribution in [0, 0.1) is 0 Å². The van der Waals surface area contributed by atoms with Crippen LogP contribution in [0.25, 0.3) is 0 Å². The van der Waals surface area contributed by atoms with E-state index in [1.54, 1.807) is 152 Å². The largest absolute Gasteiger partial charge is 0.446 e. The summed E-state index contributed by atoms with van der Waals surface area (Å²) in [4.78, 5) is 66.8. The Bertz CT molecular complexity index is 2080. The maximum absolute atomic E-state index is 13.6. The van der Waals surface area contributed by atoms with Gasteiger partial charge in [-0.1, -0.05) is 91.0 Å². The highest BCUT2D eigenvalue weighted by Gasteiger charge is 2.54. The van der Waals surface area contributed by atoms with Gasteiger partial charge in [0.25, 0.3) is 0 Å². The number of carbonyl (C=O) groups excluding carboxylic acids is 5. The van der Waals surface area contributed by atoms with Crippen molar-refractivity contribution in [3.8, 4) is 0 Å². The van der Waals surface area contributed by atoms with E-state index in [0.29, 0.717) is 28.4 Å². The van der Waals surface area contributed by atoms with Crippen LogP contribution >= 0.6 is 0 Å². The molecule has 1 heterocycles. The Labute approximate surface area is 326 Å².